The van der Waals surface area contributed by atoms with E-state index in [0.717, 1.165) is 5.56 Å². The van der Waals surface area contributed by atoms with Crippen molar-refractivity contribution in [1.29, 1.82) is 5.26 Å². The molecule has 0 unspecified atom stereocenters. The second-order valence-electron chi connectivity index (χ2n) is 4.64. The van der Waals surface area contributed by atoms with Gasteiger partial charge in [0.05, 0.1) is 16.5 Å². The predicted molar refractivity (Wildman–Crippen MR) is 71.3 cm³/mol. The van der Waals surface area contributed by atoms with Gasteiger partial charge in [0.25, 0.3) is 0 Å². The third kappa shape index (κ3) is 2.64. The lowest BCUT2D eigenvalue weighted by Gasteiger charge is -2.31. The number of pyridine rings is 1. The molecule has 19 heavy (non-hydrogen) atoms. The van der Waals surface area contributed by atoms with Crippen LogP contribution in [0.25, 0.3) is 0 Å². The van der Waals surface area contributed by atoms with Gasteiger partial charge in [-0.15, -0.1) is 0 Å². The van der Waals surface area contributed by atoms with Crippen LogP contribution in [0.4, 0.5) is 5.82 Å². The van der Waals surface area contributed by atoms with E-state index < -0.39 is 5.97 Å². The Kier molecular flexibility index (Phi) is 3.91. The van der Waals surface area contributed by atoms with Crippen LogP contribution in [0.2, 0.25) is 5.02 Å². The number of anilines is 1. The summed E-state index contributed by atoms with van der Waals surface area (Å²) in [5.74, 6) is -0.441. The van der Waals surface area contributed by atoms with E-state index in [2.05, 4.69) is 11.1 Å². The molecule has 0 bridgehead atoms. The monoisotopic (exact) mass is 279 g/mol. The molecule has 1 aliphatic rings. The van der Waals surface area contributed by atoms with Crippen molar-refractivity contribution in [3.05, 3.63) is 22.3 Å². The number of hydrogen-bond donors (Lipinski definition) is 1. The smallest absolute Gasteiger partial charge is 0.306 e. The molecule has 1 aromatic rings. The lowest BCUT2D eigenvalue weighted by Crippen LogP contribution is -2.37. The predicted octanol–water partition coefficient (Wildman–Crippen LogP) is 2.22. The Morgan fingerprint density at radius 3 is 2.74 bits per heavy atom. The van der Waals surface area contributed by atoms with E-state index in [0.29, 0.717) is 42.3 Å². The summed E-state index contributed by atoms with van der Waals surface area (Å²) in [6, 6.07) is 2.13. The minimum atomic E-state index is -0.750. The van der Waals surface area contributed by atoms with Crippen molar-refractivity contribution in [2.45, 2.75) is 19.8 Å². The molecule has 1 aliphatic heterocycles. The van der Waals surface area contributed by atoms with E-state index in [4.69, 9.17) is 16.7 Å². The van der Waals surface area contributed by atoms with Crippen LogP contribution in [0.15, 0.2) is 6.20 Å². The largest absolute Gasteiger partial charge is 0.481 e. The van der Waals surface area contributed by atoms with E-state index in [1.807, 2.05) is 4.90 Å². The van der Waals surface area contributed by atoms with Crippen LogP contribution in [0.1, 0.15) is 24.0 Å². The maximum absolute atomic E-state index is 10.9. The van der Waals surface area contributed by atoms with Gasteiger partial charge in [-0.3, -0.25) is 4.79 Å². The van der Waals surface area contributed by atoms with Gasteiger partial charge in [0.2, 0.25) is 0 Å². The zero-order valence-corrected chi connectivity index (χ0v) is 11.3. The van der Waals surface area contributed by atoms with Crippen LogP contribution < -0.4 is 4.90 Å². The van der Waals surface area contributed by atoms with Gasteiger partial charge in [-0.05, 0) is 25.3 Å². The highest BCUT2D eigenvalue weighted by atomic mass is 35.5. The average molecular weight is 280 g/mol. The maximum Gasteiger partial charge on any atom is 0.306 e. The van der Waals surface area contributed by atoms with Gasteiger partial charge < -0.3 is 10.0 Å². The third-order valence-electron chi connectivity index (χ3n) is 3.51. The summed E-state index contributed by atoms with van der Waals surface area (Å²) >= 11 is 5.96. The summed E-state index contributed by atoms with van der Waals surface area (Å²) in [6.45, 7) is 2.98. The summed E-state index contributed by atoms with van der Waals surface area (Å²) in [6.07, 6.45) is 2.68. The Balaban J connectivity index is 2.23. The Morgan fingerprint density at radius 1 is 1.58 bits per heavy atom. The highest BCUT2D eigenvalue weighted by molar-refractivity contribution is 6.31. The fourth-order valence-electron chi connectivity index (χ4n) is 2.28. The number of halogens is 1. The molecular formula is C13H14ClN3O2. The van der Waals surface area contributed by atoms with Gasteiger partial charge in [-0.2, -0.15) is 5.26 Å². The molecule has 1 N–H and O–H groups in total. The molecule has 0 atom stereocenters. The van der Waals surface area contributed by atoms with E-state index in [1.165, 1.54) is 6.20 Å². The summed E-state index contributed by atoms with van der Waals surface area (Å²) in [7, 11) is 0. The number of carbonyl (C=O) groups is 1. The molecule has 1 fully saturated rings. The first kappa shape index (κ1) is 13.6. The molecule has 1 aromatic heterocycles. The molecule has 0 spiro atoms. The first-order valence-electron chi connectivity index (χ1n) is 6.07. The normalized spacial score (nSPS) is 16.2. The zero-order valence-electron chi connectivity index (χ0n) is 10.6. The lowest BCUT2D eigenvalue weighted by molar-refractivity contribution is -0.142. The van der Waals surface area contributed by atoms with Gasteiger partial charge in [0.1, 0.15) is 11.9 Å². The second kappa shape index (κ2) is 5.45. The molecule has 2 heterocycles. The topological polar surface area (TPSA) is 77.2 Å². The Labute approximate surface area is 116 Å². The number of nitriles is 1. The number of hydrogen-bond acceptors (Lipinski definition) is 4. The quantitative estimate of drug-likeness (QED) is 0.898. The SMILES string of the molecule is Cc1c(Cl)cnc(N2CCC(C(=O)O)CC2)c1C#N. The Morgan fingerprint density at radius 2 is 2.21 bits per heavy atom. The highest BCUT2D eigenvalue weighted by Crippen LogP contribution is 2.29. The number of piperidine rings is 1. The van der Waals surface area contributed by atoms with Crippen molar-refractivity contribution >= 4 is 23.4 Å². The Bertz CT molecular complexity index is 546. The van der Waals surface area contributed by atoms with Crippen LogP contribution >= 0.6 is 11.6 Å². The van der Waals surface area contributed by atoms with E-state index in [1.54, 1.807) is 6.92 Å². The standard InChI is InChI=1S/C13H14ClN3O2/c1-8-10(6-15)12(16-7-11(8)14)17-4-2-9(3-5-17)13(18)19/h7,9H,2-5H2,1H3,(H,18,19). The summed E-state index contributed by atoms with van der Waals surface area (Å²) in [4.78, 5) is 17.1. The maximum atomic E-state index is 10.9. The molecule has 6 heteroatoms. The molecule has 100 valence electrons. The van der Waals surface area contributed by atoms with E-state index >= 15 is 0 Å². The molecular weight excluding hydrogens is 266 g/mol. The van der Waals surface area contributed by atoms with Crippen molar-refractivity contribution in [3.8, 4) is 6.07 Å². The second-order valence-corrected chi connectivity index (χ2v) is 5.05. The highest BCUT2D eigenvalue weighted by Gasteiger charge is 2.26. The van der Waals surface area contributed by atoms with Gasteiger partial charge in [0.15, 0.2) is 0 Å². The number of aromatic nitrogens is 1. The van der Waals surface area contributed by atoms with Crippen molar-refractivity contribution in [2.75, 3.05) is 18.0 Å². The van der Waals surface area contributed by atoms with Crippen molar-refractivity contribution < 1.29 is 9.90 Å². The molecule has 0 aromatic carbocycles. The molecule has 0 saturated carbocycles. The minimum Gasteiger partial charge on any atom is -0.481 e. The molecule has 0 amide bonds. The van der Waals surface area contributed by atoms with E-state index in [9.17, 15) is 10.1 Å². The van der Waals surface area contributed by atoms with Crippen LogP contribution in [-0.2, 0) is 4.79 Å². The molecule has 1 saturated heterocycles. The number of nitrogens with zero attached hydrogens (tertiary/aromatic N) is 3. The Hall–Kier alpha value is -1.80. The first-order valence-corrected chi connectivity index (χ1v) is 6.45. The van der Waals surface area contributed by atoms with Gasteiger partial charge in [0, 0.05) is 19.3 Å². The average Bonchev–Trinajstić information content (AvgIpc) is 2.41. The van der Waals surface area contributed by atoms with Crippen LogP contribution in [0.3, 0.4) is 0 Å². The van der Waals surface area contributed by atoms with Gasteiger partial charge in [-0.1, -0.05) is 11.6 Å². The summed E-state index contributed by atoms with van der Waals surface area (Å²) in [5.41, 5.74) is 1.19. The minimum absolute atomic E-state index is 0.296. The van der Waals surface area contributed by atoms with Gasteiger partial charge in [-0.25, -0.2) is 4.98 Å². The van der Waals surface area contributed by atoms with E-state index in [-0.39, 0.29) is 5.92 Å². The molecule has 2 rings (SSSR count). The molecule has 5 nitrogen and oxygen atoms in total. The summed E-state index contributed by atoms with van der Waals surface area (Å²) < 4.78 is 0. The number of rotatable bonds is 2. The van der Waals surface area contributed by atoms with Crippen LogP contribution in [0.5, 0.6) is 0 Å². The molecule has 0 radical (unpaired) electrons. The summed E-state index contributed by atoms with van der Waals surface area (Å²) in [5, 5.41) is 18.7. The number of carboxylic acids is 1. The van der Waals surface area contributed by atoms with Crippen LogP contribution in [0, 0.1) is 24.2 Å². The first-order chi connectivity index (χ1) is 9.04. The zero-order chi connectivity index (χ0) is 14.0. The van der Waals surface area contributed by atoms with Crippen LogP contribution in [-0.4, -0.2) is 29.1 Å². The van der Waals surface area contributed by atoms with Crippen molar-refractivity contribution in [3.63, 3.8) is 0 Å². The fourth-order valence-corrected chi connectivity index (χ4v) is 2.42. The molecule has 0 aliphatic carbocycles. The number of carboxylic acid groups (broad SMARTS) is 1. The van der Waals surface area contributed by atoms with Crippen molar-refractivity contribution in [2.24, 2.45) is 5.92 Å². The number of aliphatic carboxylic acids is 1. The third-order valence-corrected chi connectivity index (χ3v) is 3.89. The fraction of sp³-hybridized carbons (Fsp3) is 0.462. The lowest BCUT2D eigenvalue weighted by atomic mass is 9.96. The van der Waals surface area contributed by atoms with Gasteiger partial charge >= 0.3 is 5.97 Å². The van der Waals surface area contributed by atoms with Crippen molar-refractivity contribution in [1.82, 2.24) is 4.98 Å².